The molecule has 1 amide bonds. The molecule has 0 saturated carbocycles. The van der Waals surface area contributed by atoms with E-state index in [1.165, 1.54) is 24.3 Å². The van der Waals surface area contributed by atoms with E-state index < -0.39 is 23.3 Å². The highest BCUT2D eigenvalue weighted by molar-refractivity contribution is 6.10. The molecule has 1 N–H and O–H groups in total. The Balaban J connectivity index is 2.47. The number of hydrogen-bond donors (Lipinski definition) is 1. The van der Waals surface area contributed by atoms with E-state index in [4.69, 9.17) is 5.11 Å². The Kier molecular flexibility index (Phi) is 4.47. The van der Waals surface area contributed by atoms with E-state index >= 15 is 0 Å². The average molecular weight is 300 g/mol. The van der Waals surface area contributed by atoms with Gasteiger partial charge < -0.3 is 5.11 Å². The number of carbonyl (C=O) groups is 2. The van der Waals surface area contributed by atoms with Crippen molar-refractivity contribution in [3.8, 4) is 0 Å². The van der Waals surface area contributed by atoms with Crippen molar-refractivity contribution in [3.05, 3.63) is 70.3 Å². The minimum Gasteiger partial charge on any atom is -0.480 e. The van der Waals surface area contributed by atoms with E-state index in [9.17, 15) is 19.7 Å². The van der Waals surface area contributed by atoms with Gasteiger partial charge in [0, 0.05) is 11.8 Å². The highest BCUT2D eigenvalue weighted by Crippen LogP contribution is 2.23. The fourth-order valence-corrected chi connectivity index (χ4v) is 1.98. The third-order valence-corrected chi connectivity index (χ3v) is 2.94. The molecule has 2 aromatic rings. The summed E-state index contributed by atoms with van der Waals surface area (Å²) in [6.45, 7) is -0.588. The van der Waals surface area contributed by atoms with Gasteiger partial charge in [-0.25, -0.2) is 0 Å². The summed E-state index contributed by atoms with van der Waals surface area (Å²) in [5.41, 5.74) is -0.163. The second-order valence-electron chi connectivity index (χ2n) is 4.39. The summed E-state index contributed by atoms with van der Waals surface area (Å²) in [4.78, 5) is 34.9. The number of benzene rings is 2. The summed E-state index contributed by atoms with van der Waals surface area (Å²) in [6.07, 6.45) is 0. The number of amides is 1. The minimum atomic E-state index is -1.21. The van der Waals surface area contributed by atoms with Crippen LogP contribution in [0.15, 0.2) is 54.6 Å². The molecule has 112 valence electrons. The predicted octanol–water partition coefficient (Wildman–Crippen LogP) is 2.33. The lowest BCUT2D eigenvalue weighted by Gasteiger charge is -2.20. The van der Waals surface area contributed by atoms with Crippen LogP contribution in [0.25, 0.3) is 0 Å². The first-order chi connectivity index (χ1) is 10.5. The van der Waals surface area contributed by atoms with E-state index in [1.807, 2.05) is 0 Å². The molecule has 0 unspecified atom stereocenters. The van der Waals surface area contributed by atoms with Crippen LogP contribution in [-0.4, -0.2) is 28.5 Å². The Bertz CT molecular complexity index is 715. The lowest BCUT2D eigenvalue weighted by atomic mass is 10.1. The molecule has 0 aliphatic heterocycles. The minimum absolute atomic E-state index is 0.155. The molecule has 0 aliphatic rings. The van der Waals surface area contributed by atoms with Crippen molar-refractivity contribution in [1.82, 2.24) is 0 Å². The lowest BCUT2D eigenvalue weighted by Crippen LogP contribution is -2.36. The fourth-order valence-electron chi connectivity index (χ4n) is 1.98. The Hall–Kier alpha value is -3.22. The van der Waals surface area contributed by atoms with Gasteiger partial charge in [-0.1, -0.05) is 30.3 Å². The number of hydrogen-bond acceptors (Lipinski definition) is 4. The van der Waals surface area contributed by atoms with Gasteiger partial charge in [0.2, 0.25) is 0 Å². The average Bonchev–Trinajstić information content (AvgIpc) is 2.52. The van der Waals surface area contributed by atoms with Crippen LogP contribution in [0.1, 0.15) is 10.4 Å². The summed E-state index contributed by atoms with van der Waals surface area (Å²) in [7, 11) is 0. The predicted molar refractivity (Wildman–Crippen MR) is 78.9 cm³/mol. The van der Waals surface area contributed by atoms with Gasteiger partial charge in [-0.05, 0) is 18.2 Å². The molecular weight excluding hydrogens is 288 g/mol. The van der Waals surface area contributed by atoms with Crippen molar-refractivity contribution in [3.63, 3.8) is 0 Å². The van der Waals surface area contributed by atoms with Crippen molar-refractivity contribution >= 4 is 23.3 Å². The zero-order chi connectivity index (χ0) is 16.1. The molecular formula is C15H12N2O5. The van der Waals surface area contributed by atoms with Gasteiger partial charge in [-0.2, -0.15) is 0 Å². The van der Waals surface area contributed by atoms with Gasteiger partial charge in [0.25, 0.3) is 11.6 Å². The molecule has 2 aromatic carbocycles. The molecule has 0 aromatic heterocycles. The highest BCUT2D eigenvalue weighted by atomic mass is 16.6. The van der Waals surface area contributed by atoms with Crippen LogP contribution in [-0.2, 0) is 4.79 Å². The largest absolute Gasteiger partial charge is 0.480 e. The molecule has 0 atom stereocenters. The molecule has 0 fully saturated rings. The Morgan fingerprint density at radius 2 is 1.64 bits per heavy atom. The van der Waals surface area contributed by atoms with E-state index in [0.29, 0.717) is 5.69 Å². The molecule has 7 nitrogen and oxygen atoms in total. The number of carboxylic acid groups (broad SMARTS) is 1. The van der Waals surface area contributed by atoms with Crippen molar-refractivity contribution in [1.29, 1.82) is 0 Å². The highest BCUT2D eigenvalue weighted by Gasteiger charge is 2.26. The van der Waals surface area contributed by atoms with Crippen LogP contribution in [0.2, 0.25) is 0 Å². The van der Waals surface area contributed by atoms with Crippen molar-refractivity contribution in [2.45, 2.75) is 0 Å². The van der Waals surface area contributed by atoms with Gasteiger partial charge in [-0.3, -0.25) is 24.6 Å². The van der Waals surface area contributed by atoms with Gasteiger partial charge in [-0.15, -0.1) is 0 Å². The van der Waals surface area contributed by atoms with E-state index in [-0.39, 0.29) is 11.3 Å². The lowest BCUT2D eigenvalue weighted by molar-refractivity contribution is -0.385. The SMILES string of the molecule is O=C(O)CN(C(=O)c1ccccc1[N+](=O)[O-])c1ccccc1. The second kappa shape index (κ2) is 6.49. The second-order valence-corrected chi connectivity index (χ2v) is 4.39. The number of nitrogens with zero attached hydrogens (tertiary/aromatic N) is 2. The van der Waals surface area contributed by atoms with Gasteiger partial charge in [0.1, 0.15) is 12.1 Å². The van der Waals surface area contributed by atoms with Crippen molar-refractivity contribution in [2.24, 2.45) is 0 Å². The van der Waals surface area contributed by atoms with Gasteiger partial charge in [0.05, 0.1) is 4.92 Å². The number of carbonyl (C=O) groups excluding carboxylic acids is 1. The number of anilines is 1. The smallest absolute Gasteiger partial charge is 0.323 e. The fraction of sp³-hybridized carbons (Fsp3) is 0.0667. The van der Waals surface area contributed by atoms with Crippen LogP contribution in [0, 0.1) is 10.1 Å². The number of aliphatic carboxylic acids is 1. The maximum atomic E-state index is 12.6. The summed E-state index contributed by atoms with van der Waals surface area (Å²) >= 11 is 0. The summed E-state index contributed by atoms with van der Waals surface area (Å²) < 4.78 is 0. The first kappa shape index (κ1) is 15.2. The molecule has 0 saturated heterocycles. The maximum Gasteiger partial charge on any atom is 0.323 e. The molecule has 0 aliphatic carbocycles. The zero-order valence-electron chi connectivity index (χ0n) is 11.4. The molecule has 0 radical (unpaired) electrons. The quantitative estimate of drug-likeness (QED) is 0.674. The van der Waals surface area contributed by atoms with Gasteiger partial charge in [0.15, 0.2) is 0 Å². The third kappa shape index (κ3) is 3.26. The zero-order valence-corrected chi connectivity index (χ0v) is 11.4. The molecule has 2 rings (SSSR count). The normalized spacial score (nSPS) is 10.0. The number of nitro groups is 1. The third-order valence-electron chi connectivity index (χ3n) is 2.94. The van der Waals surface area contributed by atoms with E-state index in [2.05, 4.69) is 0 Å². The van der Waals surface area contributed by atoms with Crippen molar-refractivity contribution < 1.29 is 19.6 Å². The molecule has 7 heteroatoms. The Labute approximate surface area is 125 Å². The summed E-state index contributed by atoms with van der Waals surface area (Å²) in [6, 6.07) is 13.6. The van der Waals surface area contributed by atoms with Crippen LogP contribution in [0.3, 0.4) is 0 Å². The first-order valence-corrected chi connectivity index (χ1v) is 6.33. The Morgan fingerprint density at radius 1 is 1.05 bits per heavy atom. The first-order valence-electron chi connectivity index (χ1n) is 6.33. The van der Waals surface area contributed by atoms with E-state index in [0.717, 1.165) is 4.90 Å². The van der Waals surface area contributed by atoms with Gasteiger partial charge >= 0.3 is 5.97 Å². The summed E-state index contributed by atoms with van der Waals surface area (Å²) in [5, 5.41) is 20.0. The number of carboxylic acids is 1. The molecule has 0 bridgehead atoms. The molecule has 0 heterocycles. The van der Waals surface area contributed by atoms with Crippen molar-refractivity contribution in [2.75, 3.05) is 11.4 Å². The number of nitro benzene ring substituents is 1. The summed E-state index contributed by atoms with van der Waals surface area (Å²) in [5.74, 6) is -1.95. The maximum absolute atomic E-state index is 12.6. The monoisotopic (exact) mass is 300 g/mol. The standard InChI is InChI=1S/C15H12N2O5/c18-14(19)10-16(11-6-2-1-3-7-11)15(20)12-8-4-5-9-13(12)17(21)22/h1-9H,10H2,(H,18,19). The van der Waals surface area contributed by atoms with Crippen LogP contribution >= 0.6 is 0 Å². The topological polar surface area (TPSA) is 101 Å². The number of rotatable bonds is 5. The Morgan fingerprint density at radius 3 is 2.23 bits per heavy atom. The van der Waals surface area contributed by atoms with Crippen LogP contribution in [0.4, 0.5) is 11.4 Å². The van der Waals surface area contributed by atoms with E-state index in [1.54, 1.807) is 30.3 Å². The van der Waals surface area contributed by atoms with Crippen LogP contribution < -0.4 is 4.90 Å². The van der Waals surface area contributed by atoms with Crippen LogP contribution in [0.5, 0.6) is 0 Å². The molecule has 0 spiro atoms. The molecule has 22 heavy (non-hydrogen) atoms. The number of para-hydroxylation sites is 2.